The standard InChI is InChI=1S/C14H19N3OS/c1-9(8-19-2)6-17-14(18)12-7-16-13-5-10(15)3-4-11(12)13/h3-5,7,9,16H,6,8,15H2,1-2H3,(H,17,18). The van der Waals surface area contributed by atoms with Gasteiger partial charge in [0.1, 0.15) is 0 Å². The summed E-state index contributed by atoms with van der Waals surface area (Å²) < 4.78 is 0. The molecule has 2 rings (SSSR count). The Labute approximate surface area is 117 Å². The fraction of sp³-hybridized carbons (Fsp3) is 0.357. The Bertz CT molecular complexity index is 579. The Balaban J connectivity index is 2.09. The summed E-state index contributed by atoms with van der Waals surface area (Å²) in [6, 6.07) is 5.52. The second-order valence-corrected chi connectivity index (χ2v) is 5.69. The van der Waals surface area contributed by atoms with Crippen molar-refractivity contribution in [2.24, 2.45) is 5.92 Å². The number of nitrogen functional groups attached to an aromatic ring is 1. The monoisotopic (exact) mass is 277 g/mol. The molecule has 2 aromatic rings. The number of thioether (sulfide) groups is 1. The van der Waals surface area contributed by atoms with Crippen LogP contribution in [0.5, 0.6) is 0 Å². The number of carbonyl (C=O) groups excluding carboxylic acids is 1. The molecule has 4 N–H and O–H groups in total. The number of aromatic nitrogens is 1. The molecule has 0 aliphatic carbocycles. The maximum Gasteiger partial charge on any atom is 0.253 e. The first-order valence-corrected chi connectivity index (χ1v) is 7.65. The van der Waals surface area contributed by atoms with E-state index in [9.17, 15) is 4.79 Å². The van der Waals surface area contributed by atoms with Gasteiger partial charge < -0.3 is 16.0 Å². The van der Waals surface area contributed by atoms with Gasteiger partial charge in [-0.3, -0.25) is 4.79 Å². The van der Waals surface area contributed by atoms with Crippen LogP contribution in [-0.4, -0.2) is 29.4 Å². The summed E-state index contributed by atoms with van der Waals surface area (Å²) in [5.74, 6) is 1.48. The fourth-order valence-corrected chi connectivity index (χ4v) is 2.72. The molecule has 0 spiro atoms. The van der Waals surface area contributed by atoms with E-state index in [0.717, 1.165) is 16.7 Å². The number of benzene rings is 1. The van der Waals surface area contributed by atoms with E-state index in [0.29, 0.717) is 23.7 Å². The first kappa shape index (κ1) is 13.8. The molecule has 5 heteroatoms. The number of aromatic amines is 1. The van der Waals surface area contributed by atoms with Crippen molar-refractivity contribution in [3.05, 3.63) is 30.0 Å². The molecule has 0 bridgehead atoms. The number of H-pyrrole nitrogens is 1. The van der Waals surface area contributed by atoms with Crippen LogP contribution < -0.4 is 11.1 Å². The highest BCUT2D eigenvalue weighted by atomic mass is 32.2. The van der Waals surface area contributed by atoms with Gasteiger partial charge in [-0.1, -0.05) is 6.92 Å². The third-order valence-electron chi connectivity index (χ3n) is 3.01. The first-order chi connectivity index (χ1) is 9.11. The van der Waals surface area contributed by atoms with Gasteiger partial charge in [-0.05, 0) is 36.1 Å². The van der Waals surface area contributed by atoms with Gasteiger partial charge in [0.15, 0.2) is 0 Å². The van der Waals surface area contributed by atoms with Gasteiger partial charge in [-0.15, -0.1) is 0 Å². The first-order valence-electron chi connectivity index (χ1n) is 6.25. The molecule has 0 saturated heterocycles. The minimum absolute atomic E-state index is 0.0380. The minimum atomic E-state index is -0.0380. The number of carbonyl (C=O) groups is 1. The predicted octanol–water partition coefficient (Wildman–Crippen LogP) is 2.48. The molecular formula is C14H19N3OS. The van der Waals surface area contributed by atoms with Crippen molar-refractivity contribution in [3.63, 3.8) is 0 Å². The zero-order chi connectivity index (χ0) is 13.8. The maximum atomic E-state index is 12.1. The summed E-state index contributed by atoms with van der Waals surface area (Å²) in [5, 5.41) is 3.88. The Morgan fingerprint density at radius 2 is 2.32 bits per heavy atom. The molecule has 0 radical (unpaired) electrons. The highest BCUT2D eigenvalue weighted by Crippen LogP contribution is 2.20. The average Bonchev–Trinajstić information content (AvgIpc) is 2.79. The summed E-state index contributed by atoms with van der Waals surface area (Å²) in [5.41, 5.74) is 7.97. The van der Waals surface area contributed by atoms with Crippen LogP contribution in [0.3, 0.4) is 0 Å². The van der Waals surface area contributed by atoms with E-state index >= 15 is 0 Å². The molecule has 1 amide bonds. The molecule has 1 atom stereocenters. The molecule has 0 aliphatic rings. The third-order valence-corrected chi connectivity index (χ3v) is 3.92. The predicted molar refractivity (Wildman–Crippen MR) is 82.6 cm³/mol. The molecule has 1 unspecified atom stereocenters. The van der Waals surface area contributed by atoms with Crippen molar-refractivity contribution < 1.29 is 4.79 Å². The van der Waals surface area contributed by atoms with Crippen LogP contribution in [0.4, 0.5) is 5.69 Å². The van der Waals surface area contributed by atoms with Crippen LogP contribution in [-0.2, 0) is 0 Å². The van der Waals surface area contributed by atoms with Gasteiger partial charge in [0.05, 0.1) is 5.56 Å². The number of hydrogen-bond acceptors (Lipinski definition) is 3. The van der Waals surface area contributed by atoms with Crippen molar-refractivity contribution in [2.45, 2.75) is 6.92 Å². The van der Waals surface area contributed by atoms with Crippen LogP contribution in [0.15, 0.2) is 24.4 Å². The van der Waals surface area contributed by atoms with Crippen LogP contribution in [0.25, 0.3) is 10.9 Å². The quantitative estimate of drug-likeness (QED) is 0.735. The zero-order valence-electron chi connectivity index (χ0n) is 11.2. The van der Waals surface area contributed by atoms with Gasteiger partial charge in [-0.2, -0.15) is 11.8 Å². The lowest BCUT2D eigenvalue weighted by Crippen LogP contribution is -2.28. The molecule has 0 saturated carbocycles. The number of hydrogen-bond donors (Lipinski definition) is 3. The average molecular weight is 277 g/mol. The highest BCUT2D eigenvalue weighted by Gasteiger charge is 2.12. The Hall–Kier alpha value is -1.62. The van der Waals surface area contributed by atoms with Crippen molar-refractivity contribution in [2.75, 3.05) is 24.3 Å². The zero-order valence-corrected chi connectivity index (χ0v) is 12.0. The molecule has 1 heterocycles. The number of nitrogens with one attached hydrogen (secondary N) is 2. The summed E-state index contributed by atoms with van der Waals surface area (Å²) >= 11 is 1.79. The summed E-state index contributed by atoms with van der Waals surface area (Å²) in [6.07, 6.45) is 3.81. The van der Waals surface area contributed by atoms with Gasteiger partial charge in [0.2, 0.25) is 0 Å². The Morgan fingerprint density at radius 1 is 1.53 bits per heavy atom. The lowest BCUT2D eigenvalue weighted by Gasteiger charge is -2.10. The van der Waals surface area contributed by atoms with Crippen molar-refractivity contribution in [1.82, 2.24) is 10.3 Å². The van der Waals surface area contributed by atoms with E-state index in [4.69, 9.17) is 5.73 Å². The topological polar surface area (TPSA) is 70.9 Å². The van der Waals surface area contributed by atoms with E-state index < -0.39 is 0 Å². The van der Waals surface area contributed by atoms with Gasteiger partial charge in [0, 0.05) is 29.3 Å². The van der Waals surface area contributed by atoms with Gasteiger partial charge in [-0.25, -0.2) is 0 Å². The minimum Gasteiger partial charge on any atom is -0.399 e. The van der Waals surface area contributed by atoms with Crippen molar-refractivity contribution >= 4 is 34.3 Å². The number of nitrogens with two attached hydrogens (primary N) is 1. The fourth-order valence-electron chi connectivity index (χ4n) is 2.04. The molecule has 1 aromatic heterocycles. The Kier molecular flexibility index (Phi) is 4.37. The van der Waals surface area contributed by atoms with Crippen molar-refractivity contribution in [1.29, 1.82) is 0 Å². The lowest BCUT2D eigenvalue weighted by molar-refractivity contribution is 0.0951. The molecule has 0 fully saturated rings. The number of fused-ring (bicyclic) bond motifs is 1. The molecule has 1 aromatic carbocycles. The van der Waals surface area contributed by atoms with E-state index in [1.54, 1.807) is 18.0 Å². The molecule has 102 valence electrons. The Morgan fingerprint density at radius 3 is 3.05 bits per heavy atom. The van der Waals surface area contributed by atoms with Crippen LogP contribution in [0, 0.1) is 5.92 Å². The van der Waals surface area contributed by atoms with E-state index in [1.807, 2.05) is 18.2 Å². The van der Waals surface area contributed by atoms with Crippen LogP contribution in [0.1, 0.15) is 17.3 Å². The molecule has 0 aliphatic heterocycles. The second-order valence-electron chi connectivity index (χ2n) is 4.78. The van der Waals surface area contributed by atoms with Crippen molar-refractivity contribution in [3.8, 4) is 0 Å². The number of anilines is 1. The maximum absolute atomic E-state index is 12.1. The number of amides is 1. The smallest absolute Gasteiger partial charge is 0.253 e. The molecule has 4 nitrogen and oxygen atoms in total. The SMILES string of the molecule is CSCC(C)CNC(=O)c1c[nH]c2cc(N)ccc12. The van der Waals surface area contributed by atoms with E-state index in [-0.39, 0.29) is 5.91 Å². The third kappa shape index (κ3) is 3.23. The molecular weight excluding hydrogens is 258 g/mol. The van der Waals surface area contributed by atoms with Gasteiger partial charge >= 0.3 is 0 Å². The largest absolute Gasteiger partial charge is 0.399 e. The summed E-state index contributed by atoms with van der Waals surface area (Å²) in [4.78, 5) is 15.2. The molecule has 19 heavy (non-hydrogen) atoms. The second kappa shape index (κ2) is 6.02. The van der Waals surface area contributed by atoms with Gasteiger partial charge in [0.25, 0.3) is 5.91 Å². The highest BCUT2D eigenvalue weighted by molar-refractivity contribution is 7.98. The summed E-state index contributed by atoms with van der Waals surface area (Å²) in [6.45, 7) is 2.83. The number of rotatable bonds is 5. The van der Waals surface area contributed by atoms with E-state index in [2.05, 4.69) is 23.5 Å². The lowest BCUT2D eigenvalue weighted by atomic mass is 10.1. The summed E-state index contributed by atoms with van der Waals surface area (Å²) in [7, 11) is 0. The normalized spacial score (nSPS) is 12.5. The van der Waals surface area contributed by atoms with Crippen LogP contribution >= 0.6 is 11.8 Å². The van der Waals surface area contributed by atoms with E-state index in [1.165, 1.54) is 0 Å². The van der Waals surface area contributed by atoms with Crippen LogP contribution in [0.2, 0.25) is 0 Å².